The largest absolute Gasteiger partial charge is 0.494 e. The highest BCUT2D eigenvalue weighted by Crippen LogP contribution is 2.27. The lowest BCUT2D eigenvalue weighted by Gasteiger charge is -2.30. The molecular formula is C22H25FN6O4S. The van der Waals surface area contributed by atoms with Crippen molar-refractivity contribution in [3.05, 3.63) is 54.1 Å². The SMILES string of the molecule is CCOc1ccc(S(=O)(=O)N2CCC(C(=O)Nc3ccc(F)c(-n4nnnc4C)c3)CC2)cc1. The molecule has 12 heteroatoms. The molecule has 0 radical (unpaired) electrons. The number of aryl methyl sites for hydroxylation is 1. The van der Waals surface area contributed by atoms with Crippen LogP contribution >= 0.6 is 0 Å². The van der Waals surface area contributed by atoms with Gasteiger partial charge in [-0.15, -0.1) is 5.10 Å². The lowest BCUT2D eigenvalue weighted by Crippen LogP contribution is -2.41. The number of tetrazole rings is 1. The van der Waals surface area contributed by atoms with Crippen LogP contribution in [0.25, 0.3) is 5.69 Å². The highest BCUT2D eigenvalue weighted by Gasteiger charge is 2.32. The van der Waals surface area contributed by atoms with Gasteiger partial charge in [0.1, 0.15) is 17.3 Å². The molecule has 0 unspecified atom stereocenters. The Balaban J connectivity index is 1.39. The second-order valence-electron chi connectivity index (χ2n) is 7.88. The Morgan fingerprint density at radius 3 is 2.50 bits per heavy atom. The maximum Gasteiger partial charge on any atom is 0.243 e. The van der Waals surface area contributed by atoms with Crippen LogP contribution in [0, 0.1) is 18.7 Å². The van der Waals surface area contributed by atoms with Gasteiger partial charge in [-0.05, 0) is 79.6 Å². The zero-order valence-electron chi connectivity index (χ0n) is 18.8. The van der Waals surface area contributed by atoms with E-state index in [1.807, 2.05) is 6.92 Å². The molecule has 34 heavy (non-hydrogen) atoms. The Bertz CT molecular complexity index is 1270. The van der Waals surface area contributed by atoms with E-state index in [1.165, 1.54) is 39.3 Å². The quantitative estimate of drug-likeness (QED) is 0.543. The number of carbonyl (C=O) groups is 1. The van der Waals surface area contributed by atoms with Crippen molar-refractivity contribution in [1.29, 1.82) is 0 Å². The van der Waals surface area contributed by atoms with Gasteiger partial charge in [-0.2, -0.15) is 8.99 Å². The van der Waals surface area contributed by atoms with E-state index in [0.29, 0.717) is 36.7 Å². The lowest BCUT2D eigenvalue weighted by molar-refractivity contribution is -0.120. The van der Waals surface area contributed by atoms with E-state index in [1.54, 1.807) is 19.1 Å². The molecular weight excluding hydrogens is 463 g/mol. The minimum Gasteiger partial charge on any atom is -0.494 e. The molecule has 2 aromatic carbocycles. The van der Waals surface area contributed by atoms with E-state index in [9.17, 15) is 17.6 Å². The highest BCUT2D eigenvalue weighted by molar-refractivity contribution is 7.89. The average Bonchev–Trinajstić information content (AvgIpc) is 3.26. The number of hydrogen-bond acceptors (Lipinski definition) is 7. The predicted molar refractivity (Wildman–Crippen MR) is 122 cm³/mol. The number of piperidine rings is 1. The number of halogens is 1. The van der Waals surface area contributed by atoms with Gasteiger partial charge in [-0.3, -0.25) is 4.79 Å². The summed E-state index contributed by atoms with van der Waals surface area (Å²) >= 11 is 0. The summed E-state index contributed by atoms with van der Waals surface area (Å²) in [5.41, 5.74) is 0.525. The third kappa shape index (κ3) is 4.92. The average molecular weight is 489 g/mol. The molecule has 0 spiro atoms. The molecule has 1 amide bonds. The number of ether oxygens (including phenoxy) is 1. The van der Waals surface area contributed by atoms with Crippen molar-refractivity contribution in [2.24, 2.45) is 5.92 Å². The summed E-state index contributed by atoms with van der Waals surface area (Å²) in [6, 6.07) is 10.5. The molecule has 2 heterocycles. The minimum atomic E-state index is -3.66. The second-order valence-corrected chi connectivity index (χ2v) is 9.81. The van der Waals surface area contributed by atoms with Crippen LogP contribution in [-0.2, 0) is 14.8 Å². The van der Waals surface area contributed by atoms with Gasteiger partial charge in [0.05, 0.1) is 11.5 Å². The fraction of sp³-hybridized carbons (Fsp3) is 0.364. The van der Waals surface area contributed by atoms with Crippen molar-refractivity contribution in [3.8, 4) is 11.4 Å². The highest BCUT2D eigenvalue weighted by atomic mass is 32.2. The van der Waals surface area contributed by atoms with E-state index in [4.69, 9.17) is 4.74 Å². The molecule has 1 N–H and O–H groups in total. The first kappa shape index (κ1) is 23.8. The van der Waals surface area contributed by atoms with Crippen LogP contribution in [-0.4, -0.2) is 58.5 Å². The fourth-order valence-electron chi connectivity index (χ4n) is 3.83. The normalized spacial score (nSPS) is 15.3. The van der Waals surface area contributed by atoms with E-state index in [2.05, 4.69) is 20.8 Å². The summed E-state index contributed by atoms with van der Waals surface area (Å²) in [5.74, 6) is -0.125. The van der Waals surface area contributed by atoms with E-state index in [-0.39, 0.29) is 35.5 Å². The molecule has 0 bridgehead atoms. The van der Waals surface area contributed by atoms with E-state index >= 15 is 0 Å². The summed E-state index contributed by atoms with van der Waals surface area (Å²) < 4.78 is 48.2. The number of aromatic nitrogens is 4. The molecule has 0 aliphatic carbocycles. The lowest BCUT2D eigenvalue weighted by atomic mass is 9.97. The third-order valence-corrected chi connectivity index (χ3v) is 7.58. The summed E-state index contributed by atoms with van der Waals surface area (Å²) in [7, 11) is -3.66. The Labute approximate surface area is 196 Å². The van der Waals surface area contributed by atoms with E-state index in [0.717, 1.165) is 0 Å². The third-order valence-electron chi connectivity index (χ3n) is 5.66. The van der Waals surface area contributed by atoms with Crippen LogP contribution in [0.5, 0.6) is 5.75 Å². The van der Waals surface area contributed by atoms with Gasteiger partial charge in [0, 0.05) is 24.7 Å². The molecule has 4 rings (SSSR count). The fourth-order valence-corrected chi connectivity index (χ4v) is 5.30. The molecule has 1 aliphatic heterocycles. The van der Waals surface area contributed by atoms with Crippen LogP contribution in [0.15, 0.2) is 47.4 Å². The molecule has 1 fully saturated rings. The first-order valence-electron chi connectivity index (χ1n) is 10.9. The van der Waals surface area contributed by atoms with Crippen LogP contribution in [0.4, 0.5) is 10.1 Å². The number of nitrogens with one attached hydrogen (secondary N) is 1. The Kier molecular flexibility index (Phi) is 6.89. The van der Waals surface area contributed by atoms with Crippen molar-refractivity contribution < 1.29 is 22.3 Å². The predicted octanol–water partition coefficient (Wildman–Crippen LogP) is 2.55. The van der Waals surface area contributed by atoms with Crippen molar-refractivity contribution in [3.63, 3.8) is 0 Å². The maximum absolute atomic E-state index is 14.3. The molecule has 3 aromatic rings. The molecule has 0 saturated carbocycles. The molecule has 0 atom stereocenters. The van der Waals surface area contributed by atoms with Crippen molar-refractivity contribution in [1.82, 2.24) is 24.5 Å². The first-order valence-corrected chi connectivity index (χ1v) is 12.3. The molecule has 1 aromatic heterocycles. The molecule has 180 valence electrons. The number of carbonyl (C=O) groups excluding carboxylic acids is 1. The van der Waals surface area contributed by atoms with Crippen molar-refractivity contribution >= 4 is 21.6 Å². The zero-order chi connectivity index (χ0) is 24.3. The van der Waals surface area contributed by atoms with Gasteiger partial charge in [0.25, 0.3) is 0 Å². The van der Waals surface area contributed by atoms with Crippen molar-refractivity contribution in [2.45, 2.75) is 31.6 Å². The number of benzene rings is 2. The van der Waals surface area contributed by atoms with Gasteiger partial charge in [-0.1, -0.05) is 0 Å². The number of anilines is 1. The number of sulfonamides is 1. The van der Waals surface area contributed by atoms with Gasteiger partial charge < -0.3 is 10.1 Å². The minimum absolute atomic E-state index is 0.122. The topological polar surface area (TPSA) is 119 Å². The van der Waals surface area contributed by atoms with Gasteiger partial charge in [-0.25, -0.2) is 12.8 Å². The van der Waals surface area contributed by atoms with Gasteiger partial charge >= 0.3 is 0 Å². The van der Waals surface area contributed by atoms with E-state index < -0.39 is 15.8 Å². The molecule has 10 nitrogen and oxygen atoms in total. The monoisotopic (exact) mass is 488 g/mol. The second kappa shape index (κ2) is 9.85. The van der Waals surface area contributed by atoms with Crippen LogP contribution in [0.1, 0.15) is 25.6 Å². The molecule has 1 aliphatic rings. The maximum atomic E-state index is 14.3. The summed E-state index contributed by atoms with van der Waals surface area (Å²) in [5, 5.41) is 13.8. The number of hydrogen-bond donors (Lipinski definition) is 1. The van der Waals surface area contributed by atoms with Crippen LogP contribution < -0.4 is 10.1 Å². The molecule has 1 saturated heterocycles. The number of amides is 1. The first-order chi connectivity index (χ1) is 16.3. The number of rotatable bonds is 7. The summed E-state index contributed by atoms with van der Waals surface area (Å²) in [4.78, 5) is 13.0. The number of nitrogens with zero attached hydrogens (tertiary/aromatic N) is 5. The Hall–Kier alpha value is -3.38. The standard InChI is InChI=1S/C22H25FN6O4S/c1-3-33-18-5-7-19(8-6-18)34(31,32)28-12-10-16(11-13-28)22(30)24-17-4-9-20(23)21(14-17)29-15(2)25-26-27-29/h4-9,14,16H,3,10-13H2,1-2H3,(H,24,30). The van der Waals surface area contributed by atoms with Gasteiger partial charge in [0.2, 0.25) is 15.9 Å². The zero-order valence-corrected chi connectivity index (χ0v) is 19.6. The van der Waals surface area contributed by atoms with Crippen molar-refractivity contribution in [2.75, 3.05) is 25.0 Å². The van der Waals surface area contributed by atoms with Gasteiger partial charge in [0.15, 0.2) is 5.82 Å². The summed E-state index contributed by atoms with van der Waals surface area (Å²) in [6.45, 7) is 4.45. The summed E-state index contributed by atoms with van der Waals surface area (Å²) in [6.07, 6.45) is 0.754. The Morgan fingerprint density at radius 1 is 1.18 bits per heavy atom. The van der Waals surface area contributed by atoms with Crippen LogP contribution in [0.2, 0.25) is 0 Å². The van der Waals surface area contributed by atoms with Crippen LogP contribution in [0.3, 0.4) is 0 Å². The smallest absolute Gasteiger partial charge is 0.243 e. The Morgan fingerprint density at radius 2 is 1.88 bits per heavy atom.